The SMILES string of the molecule is COc1cnn(C(C)C)c1C(O)c1ccccc1. The minimum absolute atomic E-state index is 0.169. The van der Waals surface area contributed by atoms with E-state index in [1.54, 1.807) is 18.0 Å². The smallest absolute Gasteiger partial charge is 0.163 e. The molecule has 1 heterocycles. The van der Waals surface area contributed by atoms with Crippen LogP contribution in [0.4, 0.5) is 0 Å². The Morgan fingerprint density at radius 2 is 1.89 bits per heavy atom. The molecule has 0 saturated heterocycles. The van der Waals surface area contributed by atoms with Gasteiger partial charge in [-0.05, 0) is 19.4 Å². The number of hydrogen-bond acceptors (Lipinski definition) is 3. The highest BCUT2D eigenvalue weighted by Gasteiger charge is 2.22. The maximum Gasteiger partial charge on any atom is 0.163 e. The van der Waals surface area contributed by atoms with Crippen LogP contribution in [0.25, 0.3) is 0 Å². The van der Waals surface area contributed by atoms with Gasteiger partial charge in [-0.3, -0.25) is 4.68 Å². The molecular weight excluding hydrogens is 228 g/mol. The van der Waals surface area contributed by atoms with Gasteiger partial charge in [-0.2, -0.15) is 5.10 Å². The highest BCUT2D eigenvalue weighted by molar-refractivity contribution is 5.34. The molecule has 18 heavy (non-hydrogen) atoms. The van der Waals surface area contributed by atoms with Crippen LogP contribution < -0.4 is 4.74 Å². The third kappa shape index (κ3) is 2.24. The fraction of sp³-hybridized carbons (Fsp3) is 0.357. The van der Waals surface area contributed by atoms with Crippen LogP contribution >= 0.6 is 0 Å². The van der Waals surface area contributed by atoms with Crippen molar-refractivity contribution in [1.29, 1.82) is 0 Å². The first-order valence-corrected chi connectivity index (χ1v) is 5.99. The molecule has 1 aromatic heterocycles. The molecule has 0 fully saturated rings. The molecule has 96 valence electrons. The van der Waals surface area contributed by atoms with Gasteiger partial charge in [-0.25, -0.2) is 0 Å². The van der Waals surface area contributed by atoms with E-state index in [9.17, 15) is 5.11 Å². The zero-order chi connectivity index (χ0) is 13.1. The number of ether oxygens (including phenoxy) is 1. The van der Waals surface area contributed by atoms with E-state index in [1.165, 1.54) is 0 Å². The molecule has 4 heteroatoms. The molecule has 0 aliphatic carbocycles. The minimum atomic E-state index is -0.731. The van der Waals surface area contributed by atoms with Crippen LogP contribution in [-0.4, -0.2) is 22.0 Å². The van der Waals surface area contributed by atoms with Gasteiger partial charge < -0.3 is 9.84 Å². The fourth-order valence-electron chi connectivity index (χ4n) is 1.98. The lowest BCUT2D eigenvalue weighted by Crippen LogP contribution is -2.13. The second kappa shape index (κ2) is 5.23. The number of hydrogen-bond donors (Lipinski definition) is 1. The van der Waals surface area contributed by atoms with Gasteiger partial charge in [0.25, 0.3) is 0 Å². The van der Waals surface area contributed by atoms with E-state index in [4.69, 9.17) is 4.74 Å². The van der Waals surface area contributed by atoms with Crippen LogP contribution in [-0.2, 0) is 0 Å². The fourth-order valence-corrected chi connectivity index (χ4v) is 1.98. The molecule has 0 amide bonds. The van der Waals surface area contributed by atoms with Crippen LogP contribution in [0, 0.1) is 0 Å². The Balaban J connectivity index is 2.46. The van der Waals surface area contributed by atoms with Gasteiger partial charge in [0.15, 0.2) is 5.75 Å². The van der Waals surface area contributed by atoms with Crippen molar-refractivity contribution in [2.75, 3.05) is 7.11 Å². The van der Waals surface area contributed by atoms with Crippen molar-refractivity contribution in [1.82, 2.24) is 9.78 Å². The molecule has 2 aromatic rings. The molecule has 0 radical (unpaired) electrons. The number of aliphatic hydroxyl groups is 1. The van der Waals surface area contributed by atoms with Gasteiger partial charge in [0, 0.05) is 6.04 Å². The van der Waals surface area contributed by atoms with Crippen LogP contribution in [0.5, 0.6) is 5.75 Å². The lowest BCUT2D eigenvalue weighted by molar-refractivity contribution is 0.199. The third-order valence-corrected chi connectivity index (χ3v) is 2.88. The molecular formula is C14H18N2O2. The third-order valence-electron chi connectivity index (χ3n) is 2.88. The number of benzene rings is 1. The summed E-state index contributed by atoms with van der Waals surface area (Å²) < 4.78 is 7.06. The van der Waals surface area contributed by atoms with Crippen molar-refractivity contribution < 1.29 is 9.84 Å². The Hall–Kier alpha value is -1.81. The molecule has 4 nitrogen and oxygen atoms in total. The monoisotopic (exact) mass is 246 g/mol. The van der Waals surface area contributed by atoms with Gasteiger partial charge in [0.2, 0.25) is 0 Å². The van der Waals surface area contributed by atoms with Crippen molar-refractivity contribution in [2.24, 2.45) is 0 Å². The normalized spacial score (nSPS) is 12.7. The van der Waals surface area contributed by atoms with E-state index in [0.29, 0.717) is 11.4 Å². The van der Waals surface area contributed by atoms with Gasteiger partial charge in [0.1, 0.15) is 11.8 Å². The summed E-state index contributed by atoms with van der Waals surface area (Å²) in [4.78, 5) is 0. The lowest BCUT2D eigenvalue weighted by atomic mass is 10.1. The summed E-state index contributed by atoms with van der Waals surface area (Å²) in [7, 11) is 1.59. The van der Waals surface area contributed by atoms with Gasteiger partial charge >= 0.3 is 0 Å². The highest BCUT2D eigenvalue weighted by Crippen LogP contribution is 2.31. The van der Waals surface area contributed by atoms with Gasteiger partial charge in [-0.15, -0.1) is 0 Å². The molecule has 0 bridgehead atoms. The summed E-state index contributed by atoms with van der Waals surface area (Å²) in [5, 5.41) is 14.7. The van der Waals surface area contributed by atoms with Crippen LogP contribution in [0.3, 0.4) is 0 Å². The topological polar surface area (TPSA) is 47.3 Å². The molecule has 2 rings (SSSR count). The summed E-state index contributed by atoms with van der Waals surface area (Å²) in [6, 6.07) is 9.68. The maximum absolute atomic E-state index is 10.5. The second-order valence-corrected chi connectivity index (χ2v) is 4.45. The minimum Gasteiger partial charge on any atom is -0.493 e. The molecule has 1 atom stereocenters. The largest absolute Gasteiger partial charge is 0.493 e. The number of rotatable bonds is 4. The first-order chi connectivity index (χ1) is 8.65. The lowest BCUT2D eigenvalue weighted by Gasteiger charge is -2.17. The zero-order valence-electron chi connectivity index (χ0n) is 10.9. The van der Waals surface area contributed by atoms with Crippen molar-refractivity contribution in [3.8, 4) is 5.75 Å². The predicted octanol–water partition coefficient (Wildman–Crippen LogP) is 2.55. The highest BCUT2D eigenvalue weighted by atomic mass is 16.5. The van der Waals surface area contributed by atoms with E-state index in [1.807, 2.05) is 44.2 Å². The molecule has 0 spiro atoms. The summed E-state index contributed by atoms with van der Waals surface area (Å²) in [6.45, 7) is 4.04. The van der Waals surface area contributed by atoms with Gasteiger partial charge in [0.05, 0.1) is 13.3 Å². The van der Waals surface area contributed by atoms with Crippen molar-refractivity contribution in [3.05, 3.63) is 47.8 Å². The molecule has 0 saturated carbocycles. The first kappa shape index (κ1) is 12.6. The summed E-state index contributed by atoms with van der Waals surface area (Å²) in [5.74, 6) is 0.611. The van der Waals surface area contributed by atoms with Crippen LogP contribution in [0.2, 0.25) is 0 Å². The van der Waals surface area contributed by atoms with Crippen LogP contribution in [0.15, 0.2) is 36.5 Å². The summed E-state index contributed by atoms with van der Waals surface area (Å²) >= 11 is 0. The van der Waals surface area contributed by atoms with Crippen molar-refractivity contribution >= 4 is 0 Å². The summed E-state index contributed by atoms with van der Waals surface area (Å²) in [6.07, 6.45) is 0.910. The molecule has 1 unspecified atom stereocenters. The quantitative estimate of drug-likeness (QED) is 0.901. The van der Waals surface area contributed by atoms with E-state index in [2.05, 4.69) is 5.10 Å². The number of aliphatic hydroxyl groups excluding tert-OH is 1. The number of nitrogens with zero attached hydrogens (tertiary/aromatic N) is 2. The second-order valence-electron chi connectivity index (χ2n) is 4.45. The van der Waals surface area contributed by atoms with E-state index in [0.717, 1.165) is 5.56 Å². The van der Waals surface area contributed by atoms with Crippen LogP contribution in [0.1, 0.15) is 37.3 Å². The van der Waals surface area contributed by atoms with Crippen molar-refractivity contribution in [3.63, 3.8) is 0 Å². The van der Waals surface area contributed by atoms with Crippen molar-refractivity contribution in [2.45, 2.75) is 26.0 Å². The maximum atomic E-state index is 10.5. The van der Waals surface area contributed by atoms with Gasteiger partial charge in [-0.1, -0.05) is 30.3 Å². The van der Waals surface area contributed by atoms with E-state index >= 15 is 0 Å². The Labute approximate surface area is 107 Å². The summed E-state index contributed by atoms with van der Waals surface area (Å²) in [5.41, 5.74) is 1.52. The molecule has 0 aliphatic heterocycles. The Kier molecular flexibility index (Phi) is 3.67. The predicted molar refractivity (Wildman–Crippen MR) is 69.7 cm³/mol. The number of methoxy groups -OCH3 is 1. The standard InChI is InChI=1S/C14H18N2O2/c1-10(2)16-13(12(18-3)9-15-16)14(17)11-7-5-4-6-8-11/h4-10,14,17H,1-3H3. The average molecular weight is 246 g/mol. The first-order valence-electron chi connectivity index (χ1n) is 5.99. The Morgan fingerprint density at radius 3 is 2.44 bits per heavy atom. The number of aromatic nitrogens is 2. The zero-order valence-corrected chi connectivity index (χ0v) is 10.9. The molecule has 1 aromatic carbocycles. The molecule has 1 N–H and O–H groups in total. The average Bonchev–Trinajstić information content (AvgIpc) is 2.82. The van der Waals surface area contributed by atoms with E-state index < -0.39 is 6.10 Å². The van der Waals surface area contributed by atoms with E-state index in [-0.39, 0.29) is 6.04 Å². The Bertz CT molecular complexity index is 506. The Morgan fingerprint density at radius 1 is 1.22 bits per heavy atom. The molecule has 0 aliphatic rings.